The van der Waals surface area contributed by atoms with Gasteiger partial charge in [-0.05, 0) is 103 Å². The third kappa shape index (κ3) is 6.75. The number of aromatic amines is 2. The van der Waals surface area contributed by atoms with Crippen molar-refractivity contribution in [1.29, 1.82) is 0 Å². The molecule has 4 aromatic heterocycles. The van der Waals surface area contributed by atoms with Gasteiger partial charge in [-0.25, -0.2) is 19.9 Å². The van der Waals surface area contributed by atoms with Gasteiger partial charge in [0.05, 0.1) is 49.1 Å². The molecular formula is C52H46Cl2N8O4. The van der Waals surface area contributed by atoms with Gasteiger partial charge < -0.3 is 29.2 Å². The lowest BCUT2D eigenvalue weighted by Gasteiger charge is -2.37. The second-order valence-corrected chi connectivity index (χ2v) is 19.0. The Morgan fingerprint density at radius 3 is 1.76 bits per heavy atom. The number of hydrogen-bond donors (Lipinski definition) is 2. The van der Waals surface area contributed by atoms with Crippen LogP contribution in [0.25, 0.3) is 50.5 Å². The van der Waals surface area contributed by atoms with Crippen LogP contribution in [0.4, 0.5) is 0 Å². The zero-order chi connectivity index (χ0) is 44.8. The number of carbonyl (C=O) groups excluding carboxylic acids is 2. The molecule has 7 atom stereocenters. The number of H-pyrrole nitrogens is 2. The highest BCUT2D eigenvalue weighted by molar-refractivity contribution is 6.31. The largest absolute Gasteiger partial charge is 0.496 e. The maximum Gasteiger partial charge on any atom is 0.274 e. The van der Waals surface area contributed by atoms with Gasteiger partial charge in [-0.2, -0.15) is 0 Å². The summed E-state index contributed by atoms with van der Waals surface area (Å²) in [4.78, 5) is 58.9. The SMILES string of the molecule is COc1cccc2c(C(=O)N3C(c4ncc(-c5ccc(-c6ccc(-c7cnc(C8CC9CCC9N8C(=O)c8nc(Cl)cc9c8C=CCC9OC)[nH]7)cc6)cc5)[nH]4)CC4CCC43)nc(Cl)cc12. The summed E-state index contributed by atoms with van der Waals surface area (Å²) in [6.45, 7) is 0. The van der Waals surface area contributed by atoms with Crippen LogP contribution in [0.1, 0.15) is 107 Å². The van der Waals surface area contributed by atoms with E-state index in [9.17, 15) is 9.59 Å². The number of amides is 2. The Morgan fingerprint density at radius 2 is 1.21 bits per heavy atom. The van der Waals surface area contributed by atoms with E-state index < -0.39 is 0 Å². The zero-order valence-electron chi connectivity index (χ0n) is 36.4. The number of imidazole rings is 2. The van der Waals surface area contributed by atoms with E-state index in [1.807, 2.05) is 58.6 Å². The smallest absolute Gasteiger partial charge is 0.274 e. The molecule has 2 saturated carbocycles. The van der Waals surface area contributed by atoms with E-state index >= 15 is 0 Å². The number of likely N-dealkylation sites (tertiary alicyclic amines) is 2. The van der Waals surface area contributed by atoms with Crippen molar-refractivity contribution in [2.75, 3.05) is 14.2 Å². The molecule has 3 aromatic carbocycles. The minimum atomic E-state index is -0.206. The number of rotatable bonds is 9. The Hall–Kier alpha value is -6.34. The number of hydrogen-bond acceptors (Lipinski definition) is 8. The lowest BCUT2D eigenvalue weighted by atomic mass is 9.80. The van der Waals surface area contributed by atoms with Crippen molar-refractivity contribution in [2.45, 2.75) is 75.2 Å². The summed E-state index contributed by atoms with van der Waals surface area (Å²) in [5.74, 6) is 2.79. The minimum Gasteiger partial charge on any atom is -0.496 e. The summed E-state index contributed by atoms with van der Waals surface area (Å²) in [6.07, 6.45) is 14.1. The monoisotopic (exact) mass is 916 g/mol. The Labute approximate surface area is 391 Å². The molecular weight excluding hydrogens is 872 g/mol. The van der Waals surface area contributed by atoms with E-state index in [1.165, 1.54) is 0 Å². The van der Waals surface area contributed by atoms with Crippen molar-refractivity contribution in [3.05, 3.63) is 142 Å². The molecule has 3 aliphatic carbocycles. The number of aromatic nitrogens is 6. The van der Waals surface area contributed by atoms with Gasteiger partial charge in [0.25, 0.3) is 11.8 Å². The first kappa shape index (κ1) is 41.1. The van der Waals surface area contributed by atoms with E-state index in [0.717, 1.165) is 107 Å². The predicted octanol–water partition coefficient (Wildman–Crippen LogP) is 11.2. The highest BCUT2D eigenvalue weighted by Gasteiger charge is 2.52. The minimum absolute atomic E-state index is 0.115. The highest BCUT2D eigenvalue weighted by atomic mass is 35.5. The molecule has 0 bridgehead atoms. The predicted molar refractivity (Wildman–Crippen MR) is 253 cm³/mol. The first-order valence-electron chi connectivity index (χ1n) is 22.7. The molecule has 12 rings (SSSR count). The molecule has 7 aromatic rings. The number of fused-ring (bicyclic) bond motifs is 4. The maximum atomic E-state index is 14.5. The second-order valence-electron chi connectivity index (χ2n) is 18.3. The Morgan fingerprint density at radius 1 is 0.667 bits per heavy atom. The van der Waals surface area contributed by atoms with Crippen molar-refractivity contribution in [3.63, 3.8) is 0 Å². The van der Waals surface area contributed by atoms with Gasteiger partial charge in [0.2, 0.25) is 0 Å². The molecule has 0 radical (unpaired) electrons. The van der Waals surface area contributed by atoms with Gasteiger partial charge in [0.15, 0.2) is 0 Å². The van der Waals surface area contributed by atoms with E-state index in [0.29, 0.717) is 39.5 Å². The normalized spacial score (nSPS) is 23.8. The lowest BCUT2D eigenvalue weighted by molar-refractivity contribution is 0.0545. The summed E-state index contributed by atoms with van der Waals surface area (Å²) in [5.41, 5.74) is 8.34. The maximum absolute atomic E-state index is 14.5. The molecule has 5 aliphatic rings. The van der Waals surface area contributed by atoms with Gasteiger partial charge in [-0.1, -0.05) is 96.0 Å². The molecule has 0 spiro atoms. The van der Waals surface area contributed by atoms with Crippen molar-refractivity contribution in [1.82, 2.24) is 39.7 Å². The Kier molecular flexibility index (Phi) is 10.1. The average molecular weight is 918 g/mol. The average Bonchev–Trinajstić information content (AvgIpc) is 4.12. The standard InChI is InChI=1S/C52H46Cl2N8O4/c1-65-43-7-3-5-33-35(43)23-45(53)59-47(33)51(63)61-39-19-17-31(39)21-41(61)49-55-25-37(57-49)29-13-9-27(10-14-29)28-11-15-30(16-12-28)38-26-56-50(58-38)42-22-32-18-20-40(32)62(42)52(64)48-34-6-4-8-44(66-2)36(34)24-46(54)60-48/h3-7,9-16,23-26,31-32,39-42,44H,8,17-22H2,1-2H3,(H,55,57)(H,56,58). The van der Waals surface area contributed by atoms with Crippen molar-refractivity contribution in [2.24, 2.45) is 11.8 Å². The van der Waals surface area contributed by atoms with Crippen LogP contribution in [0.2, 0.25) is 10.3 Å². The molecule has 4 fully saturated rings. The molecule has 6 heterocycles. The summed E-state index contributed by atoms with van der Waals surface area (Å²) < 4.78 is 11.3. The topological polar surface area (TPSA) is 142 Å². The third-order valence-corrected chi connectivity index (χ3v) is 15.4. The molecule has 66 heavy (non-hydrogen) atoms. The molecule has 332 valence electrons. The van der Waals surface area contributed by atoms with Crippen LogP contribution < -0.4 is 4.74 Å². The Bertz CT molecular complexity index is 3090. The highest BCUT2D eigenvalue weighted by Crippen LogP contribution is 2.52. The fourth-order valence-electron chi connectivity index (χ4n) is 11.3. The first-order chi connectivity index (χ1) is 32.2. The summed E-state index contributed by atoms with van der Waals surface area (Å²) in [6, 6.07) is 25.9. The lowest BCUT2D eigenvalue weighted by Crippen LogP contribution is -2.44. The molecule has 2 amide bonds. The van der Waals surface area contributed by atoms with Crippen LogP contribution in [0, 0.1) is 11.8 Å². The Balaban J connectivity index is 0.753. The fourth-order valence-corrected chi connectivity index (χ4v) is 11.7. The summed E-state index contributed by atoms with van der Waals surface area (Å²) >= 11 is 13.0. The molecule has 2 N–H and O–H groups in total. The molecule has 12 nitrogen and oxygen atoms in total. The summed E-state index contributed by atoms with van der Waals surface area (Å²) in [5, 5.41) is 2.02. The quantitative estimate of drug-likeness (QED) is 0.136. The van der Waals surface area contributed by atoms with Crippen molar-refractivity contribution < 1.29 is 19.1 Å². The van der Waals surface area contributed by atoms with Gasteiger partial charge >= 0.3 is 0 Å². The number of halogens is 2. The third-order valence-electron chi connectivity index (χ3n) is 15.0. The fraction of sp³-hybridized carbons (Fsp3) is 0.308. The van der Waals surface area contributed by atoms with E-state index in [1.54, 1.807) is 20.3 Å². The molecule has 2 aliphatic heterocycles. The van der Waals surface area contributed by atoms with E-state index in [-0.39, 0.29) is 47.2 Å². The number of nitrogens with zero attached hydrogens (tertiary/aromatic N) is 6. The number of carbonyl (C=O) groups is 2. The number of nitrogens with one attached hydrogen (secondary N) is 2. The number of pyridine rings is 2. The van der Waals surface area contributed by atoms with Crippen LogP contribution in [0.5, 0.6) is 5.75 Å². The zero-order valence-corrected chi connectivity index (χ0v) is 37.9. The molecule has 2 saturated heterocycles. The van der Waals surface area contributed by atoms with Crippen LogP contribution >= 0.6 is 23.2 Å². The first-order valence-corrected chi connectivity index (χ1v) is 23.5. The van der Waals surface area contributed by atoms with Crippen molar-refractivity contribution in [3.8, 4) is 39.4 Å². The number of benzene rings is 3. The number of methoxy groups -OCH3 is 2. The van der Waals surface area contributed by atoms with Crippen LogP contribution in [0.15, 0.2) is 97.3 Å². The molecule has 7 unspecified atom stereocenters. The summed E-state index contributed by atoms with van der Waals surface area (Å²) in [7, 11) is 3.29. The van der Waals surface area contributed by atoms with E-state index in [2.05, 4.69) is 68.5 Å². The van der Waals surface area contributed by atoms with Gasteiger partial charge in [-0.15, -0.1) is 0 Å². The van der Waals surface area contributed by atoms with Gasteiger partial charge in [0, 0.05) is 35.5 Å². The van der Waals surface area contributed by atoms with Crippen LogP contribution in [0.3, 0.4) is 0 Å². The van der Waals surface area contributed by atoms with Gasteiger partial charge in [0.1, 0.15) is 39.1 Å². The second kappa shape index (κ2) is 16.2. The van der Waals surface area contributed by atoms with E-state index in [4.69, 9.17) is 42.6 Å². The van der Waals surface area contributed by atoms with Gasteiger partial charge in [-0.3, -0.25) is 9.59 Å². The van der Waals surface area contributed by atoms with Crippen LogP contribution in [-0.2, 0) is 4.74 Å². The van der Waals surface area contributed by atoms with Crippen molar-refractivity contribution >= 4 is 51.9 Å². The molecule has 14 heteroatoms. The van der Waals surface area contributed by atoms with Crippen LogP contribution in [-0.4, -0.2) is 77.8 Å². The number of ether oxygens (including phenoxy) is 2.